The van der Waals surface area contributed by atoms with Gasteiger partial charge in [0.1, 0.15) is 12.4 Å². The first-order valence-corrected chi connectivity index (χ1v) is 12.1. The van der Waals surface area contributed by atoms with E-state index in [1.54, 1.807) is 38.1 Å². The van der Waals surface area contributed by atoms with Crippen molar-refractivity contribution < 1.29 is 23.9 Å². The molecule has 0 radical (unpaired) electrons. The summed E-state index contributed by atoms with van der Waals surface area (Å²) < 4.78 is 10.8. The maximum atomic E-state index is 12.7. The zero-order valence-corrected chi connectivity index (χ0v) is 21.7. The van der Waals surface area contributed by atoms with Gasteiger partial charge < -0.3 is 20.5 Å². The van der Waals surface area contributed by atoms with Crippen molar-refractivity contribution in [3.8, 4) is 5.75 Å². The van der Waals surface area contributed by atoms with Crippen molar-refractivity contribution in [2.45, 2.75) is 40.3 Å². The van der Waals surface area contributed by atoms with Crippen LogP contribution in [0.5, 0.6) is 5.75 Å². The molecule has 1 atom stereocenters. The van der Waals surface area contributed by atoms with Crippen LogP contribution in [-0.2, 0) is 16.1 Å². The lowest BCUT2D eigenvalue weighted by molar-refractivity contribution is -0.120. The third kappa shape index (κ3) is 10.0. The van der Waals surface area contributed by atoms with Gasteiger partial charge in [-0.1, -0.05) is 68.4 Å². The van der Waals surface area contributed by atoms with Crippen molar-refractivity contribution >= 4 is 23.6 Å². The number of nitrogens with one attached hydrogen (secondary N) is 2. The number of amides is 3. The van der Waals surface area contributed by atoms with E-state index < -0.39 is 6.09 Å². The number of benzene rings is 3. The Hall–Kier alpha value is -4.33. The molecule has 0 aliphatic heterocycles. The molecule has 8 nitrogen and oxygen atoms in total. The second-order valence-corrected chi connectivity index (χ2v) is 8.49. The number of hydrogen-bond acceptors (Lipinski definition) is 5. The highest BCUT2D eigenvalue weighted by Gasteiger charge is 2.16. The first-order chi connectivity index (χ1) is 17.7. The third-order valence-corrected chi connectivity index (χ3v) is 5.19. The van der Waals surface area contributed by atoms with E-state index in [0.29, 0.717) is 23.6 Å². The van der Waals surface area contributed by atoms with E-state index in [0.717, 1.165) is 11.1 Å². The number of carbonyl (C=O) groups is 3. The van der Waals surface area contributed by atoms with E-state index in [-0.39, 0.29) is 30.4 Å². The molecule has 1 unspecified atom stereocenters. The van der Waals surface area contributed by atoms with Gasteiger partial charge in [-0.3, -0.25) is 14.9 Å². The molecule has 0 bridgehead atoms. The van der Waals surface area contributed by atoms with Gasteiger partial charge in [0.25, 0.3) is 5.91 Å². The zero-order valence-electron chi connectivity index (χ0n) is 21.7. The van der Waals surface area contributed by atoms with E-state index in [1.165, 1.54) is 0 Å². The number of nitrogens with two attached hydrogens (primary N) is 1. The second-order valence-electron chi connectivity index (χ2n) is 8.49. The lowest BCUT2D eigenvalue weighted by Crippen LogP contribution is -2.27. The molecule has 0 heterocycles. The van der Waals surface area contributed by atoms with Gasteiger partial charge >= 0.3 is 6.09 Å². The van der Waals surface area contributed by atoms with Gasteiger partial charge in [-0.25, -0.2) is 4.79 Å². The highest BCUT2D eigenvalue weighted by Crippen LogP contribution is 2.21. The molecular weight excluding hydrogens is 470 g/mol. The highest BCUT2D eigenvalue weighted by atomic mass is 16.5. The average molecular weight is 506 g/mol. The predicted molar refractivity (Wildman–Crippen MR) is 144 cm³/mol. The summed E-state index contributed by atoms with van der Waals surface area (Å²) in [6.45, 7) is 7.96. The largest absolute Gasteiger partial charge is 0.493 e. The number of hydrogen-bond donors (Lipinski definition) is 3. The van der Waals surface area contributed by atoms with Crippen LogP contribution in [0.3, 0.4) is 0 Å². The molecule has 0 fully saturated rings. The minimum Gasteiger partial charge on any atom is -0.493 e. The zero-order chi connectivity index (χ0) is 27.2. The molecule has 0 saturated carbocycles. The van der Waals surface area contributed by atoms with E-state index in [2.05, 4.69) is 10.6 Å². The number of rotatable bonds is 9. The van der Waals surface area contributed by atoms with Crippen molar-refractivity contribution in [2.75, 3.05) is 11.9 Å². The number of para-hydroxylation sites is 1. The fourth-order valence-corrected chi connectivity index (χ4v) is 3.06. The van der Waals surface area contributed by atoms with Gasteiger partial charge in [0.2, 0.25) is 5.91 Å². The molecule has 3 aromatic carbocycles. The first kappa shape index (κ1) is 28.9. The van der Waals surface area contributed by atoms with Crippen LogP contribution in [0.4, 0.5) is 10.5 Å². The Labute approximate surface area is 218 Å². The van der Waals surface area contributed by atoms with Crippen molar-refractivity contribution in [2.24, 2.45) is 11.7 Å². The Kier molecular flexibility index (Phi) is 11.7. The molecule has 196 valence electrons. The third-order valence-electron chi connectivity index (χ3n) is 5.19. The van der Waals surface area contributed by atoms with E-state index in [1.807, 2.05) is 68.4 Å². The smallest absolute Gasteiger partial charge is 0.411 e. The van der Waals surface area contributed by atoms with Crippen LogP contribution in [0.2, 0.25) is 0 Å². The Morgan fingerprint density at radius 3 is 2.19 bits per heavy atom. The van der Waals surface area contributed by atoms with Gasteiger partial charge in [-0.2, -0.15) is 0 Å². The molecule has 0 spiro atoms. The van der Waals surface area contributed by atoms with Crippen LogP contribution < -0.4 is 21.1 Å². The van der Waals surface area contributed by atoms with Gasteiger partial charge in [-0.05, 0) is 49.2 Å². The molecule has 8 heteroatoms. The van der Waals surface area contributed by atoms with Crippen LogP contribution in [0.1, 0.15) is 55.2 Å². The second kappa shape index (κ2) is 14.9. The van der Waals surface area contributed by atoms with Gasteiger partial charge in [-0.15, -0.1) is 0 Å². The van der Waals surface area contributed by atoms with Gasteiger partial charge in [0.05, 0.1) is 18.2 Å². The summed E-state index contributed by atoms with van der Waals surface area (Å²) in [5.41, 5.74) is 7.63. The number of primary amides is 1. The first-order valence-electron chi connectivity index (χ1n) is 12.1. The molecule has 0 aliphatic rings. The molecule has 0 aliphatic carbocycles. The highest BCUT2D eigenvalue weighted by molar-refractivity contribution is 5.97. The minimum absolute atomic E-state index is 0.00926. The van der Waals surface area contributed by atoms with Crippen molar-refractivity contribution in [3.05, 3.63) is 95.6 Å². The Morgan fingerprint density at radius 1 is 0.892 bits per heavy atom. The molecule has 3 rings (SSSR count). The molecular formula is C29H35N3O5. The van der Waals surface area contributed by atoms with Crippen molar-refractivity contribution in [3.63, 3.8) is 0 Å². The standard InChI is InChI=1S/C25H26N2O4.C4H9NO/c1-3-30-23-15-8-7-14-22(23)24(28)26-18(2)20-12-9-13-21(16-20)27-25(29)31-17-19-10-5-4-6-11-19;1-3(2)4(5)6/h4-16,18H,3,17H2,1-2H3,(H,26,28)(H,27,29);3H,1-2H3,(H2,5,6). The number of anilines is 1. The van der Waals surface area contributed by atoms with E-state index in [4.69, 9.17) is 15.2 Å². The predicted octanol–water partition coefficient (Wildman–Crippen LogP) is 5.45. The van der Waals surface area contributed by atoms with Crippen LogP contribution in [-0.4, -0.2) is 24.5 Å². The SMILES string of the molecule is CC(C)C(N)=O.CCOc1ccccc1C(=O)NC(C)c1cccc(NC(=O)OCc2ccccc2)c1. The minimum atomic E-state index is -0.539. The summed E-state index contributed by atoms with van der Waals surface area (Å²) in [4.78, 5) is 34.8. The summed E-state index contributed by atoms with van der Waals surface area (Å²) in [6.07, 6.45) is -0.539. The number of ether oxygens (including phenoxy) is 2. The summed E-state index contributed by atoms with van der Waals surface area (Å²) >= 11 is 0. The normalized spacial score (nSPS) is 10.9. The summed E-state index contributed by atoms with van der Waals surface area (Å²) in [7, 11) is 0. The molecule has 3 amide bonds. The van der Waals surface area contributed by atoms with Crippen molar-refractivity contribution in [1.29, 1.82) is 0 Å². The Bertz CT molecular complexity index is 1160. The number of carbonyl (C=O) groups excluding carboxylic acids is 3. The Morgan fingerprint density at radius 2 is 1.54 bits per heavy atom. The van der Waals surface area contributed by atoms with Crippen LogP contribution >= 0.6 is 0 Å². The summed E-state index contributed by atoms with van der Waals surface area (Å²) in [5, 5.41) is 5.70. The average Bonchev–Trinajstić information content (AvgIpc) is 2.89. The molecule has 0 saturated heterocycles. The summed E-state index contributed by atoms with van der Waals surface area (Å²) in [5.74, 6) is 0.0726. The fourth-order valence-electron chi connectivity index (χ4n) is 3.06. The molecule has 4 N–H and O–H groups in total. The van der Waals surface area contributed by atoms with Gasteiger partial charge in [0.15, 0.2) is 0 Å². The topological polar surface area (TPSA) is 120 Å². The lowest BCUT2D eigenvalue weighted by Gasteiger charge is -2.17. The van der Waals surface area contributed by atoms with Crippen LogP contribution in [0, 0.1) is 5.92 Å². The quantitative estimate of drug-likeness (QED) is 0.357. The van der Waals surface area contributed by atoms with Crippen LogP contribution in [0.15, 0.2) is 78.9 Å². The van der Waals surface area contributed by atoms with Gasteiger partial charge in [0, 0.05) is 11.6 Å². The lowest BCUT2D eigenvalue weighted by atomic mass is 10.1. The maximum Gasteiger partial charge on any atom is 0.411 e. The molecule has 3 aromatic rings. The maximum absolute atomic E-state index is 12.7. The summed E-state index contributed by atoms with van der Waals surface area (Å²) in [6, 6.07) is 23.6. The van der Waals surface area contributed by atoms with Crippen molar-refractivity contribution in [1.82, 2.24) is 5.32 Å². The molecule has 0 aromatic heterocycles. The van der Waals surface area contributed by atoms with E-state index in [9.17, 15) is 14.4 Å². The van der Waals surface area contributed by atoms with E-state index >= 15 is 0 Å². The Balaban J connectivity index is 0.000000717. The van der Waals surface area contributed by atoms with Crippen LogP contribution in [0.25, 0.3) is 0 Å². The fraction of sp³-hybridized carbons (Fsp3) is 0.276. The monoisotopic (exact) mass is 505 g/mol. The molecule has 37 heavy (non-hydrogen) atoms.